The largest absolute Gasteiger partial charge is 0.433 e. The van der Waals surface area contributed by atoms with E-state index in [-0.39, 0.29) is 23.5 Å². The number of hydrogen-bond acceptors (Lipinski definition) is 4. The van der Waals surface area contributed by atoms with Crippen molar-refractivity contribution in [2.75, 3.05) is 5.32 Å². The van der Waals surface area contributed by atoms with Gasteiger partial charge in [0.25, 0.3) is 0 Å². The lowest BCUT2D eigenvalue weighted by Gasteiger charge is -2.14. The minimum Gasteiger partial charge on any atom is -0.433 e. The second kappa shape index (κ2) is 7.12. The molecule has 0 fully saturated rings. The molecule has 2 aromatic rings. The van der Waals surface area contributed by atoms with E-state index < -0.39 is 18.4 Å². The molecule has 1 N–H and O–H groups in total. The first kappa shape index (κ1) is 17.5. The normalized spacial score (nSPS) is 11.2. The number of nitrogens with zero attached hydrogens (tertiary/aromatic N) is 2. The van der Waals surface area contributed by atoms with Crippen molar-refractivity contribution in [2.45, 2.75) is 19.3 Å². The molecule has 0 atom stereocenters. The molecule has 0 saturated heterocycles. The van der Waals surface area contributed by atoms with Crippen LogP contribution in [0.15, 0.2) is 36.5 Å². The van der Waals surface area contributed by atoms with Crippen molar-refractivity contribution in [3.8, 4) is 11.8 Å². The molecule has 24 heavy (non-hydrogen) atoms. The van der Waals surface area contributed by atoms with Gasteiger partial charge in [-0.2, -0.15) is 27.2 Å². The predicted octanol–water partition coefficient (Wildman–Crippen LogP) is 4.19. The van der Waals surface area contributed by atoms with E-state index in [9.17, 15) is 22.0 Å². The number of nitrogens with one attached hydrogen (secondary N) is 1. The van der Waals surface area contributed by atoms with Crippen molar-refractivity contribution in [1.82, 2.24) is 4.98 Å². The molecule has 0 aliphatic heterocycles. The molecule has 4 nitrogen and oxygen atoms in total. The topological polar surface area (TPSA) is 57.9 Å². The highest BCUT2D eigenvalue weighted by atomic mass is 19.4. The zero-order chi connectivity index (χ0) is 17.7. The fourth-order valence-electron chi connectivity index (χ4n) is 1.88. The molecule has 2 rings (SSSR count). The van der Waals surface area contributed by atoms with Gasteiger partial charge in [0, 0.05) is 5.69 Å². The average molecular weight is 343 g/mol. The number of ether oxygens (including phenoxy) is 1. The van der Waals surface area contributed by atoms with Crippen LogP contribution in [-0.2, 0) is 12.7 Å². The highest BCUT2D eigenvalue weighted by molar-refractivity contribution is 5.57. The summed E-state index contributed by atoms with van der Waals surface area (Å²) >= 11 is 0. The standard InChI is InChI=1S/C15H10F5N3O/c16-14(17)24-11-3-2-10(22-8-11)7-23-13-5-9(6-21)1-4-12(13)15(18,19)20/h1-5,8,14,23H,7H2. The molecule has 0 unspecified atom stereocenters. The fraction of sp³-hybridized carbons (Fsp3) is 0.200. The van der Waals surface area contributed by atoms with Crippen molar-refractivity contribution in [1.29, 1.82) is 5.26 Å². The van der Waals surface area contributed by atoms with Crippen LogP contribution in [0, 0.1) is 11.3 Å². The predicted molar refractivity (Wildman–Crippen MR) is 74.4 cm³/mol. The Hall–Kier alpha value is -2.89. The molecule has 126 valence electrons. The van der Waals surface area contributed by atoms with Gasteiger partial charge in [0.1, 0.15) is 5.75 Å². The summed E-state index contributed by atoms with van der Waals surface area (Å²) in [6.07, 6.45) is -3.54. The first-order valence-electron chi connectivity index (χ1n) is 6.54. The Morgan fingerprint density at radius 2 is 1.96 bits per heavy atom. The summed E-state index contributed by atoms with van der Waals surface area (Å²) in [5.41, 5.74) is -0.804. The van der Waals surface area contributed by atoms with E-state index in [0.29, 0.717) is 5.69 Å². The summed E-state index contributed by atoms with van der Waals surface area (Å²) in [6.45, 7) is -3.08. The summed E-state index contributed by atoms with van der Waals surface area (Å²) < 4.78 is 67.0. The highest BCUT2D eigenvalue weighted by Crippen LogP contribution is 2.35. The lowest BCUT2D eigenvalue weighted by Crippen LogP contribution is -2.11. The molecule has 1 heterocycles. The maximum absolute atomic E-state index is 13.0. The smallest absolute Gasteiger partial charge is 0.418 e. The van der Waals surface area contributed by atoms with E-state index in [1.54, 1.807) is 6.07 Å². The molecule has 0 aliphatic carbocycles. The van der Waals surface area contributed by atoms with Gasteiger partial charge >= 0.3 is 12.8 Å². The van der Waals surface area contributed by atoms with Crippen LogP contribution < -0.4 is 10.1 Å². The van der Waals surface area contributed by atoms with E-state index in [1.165, 1.54) is 12.1 Å². The van der Waals surface area contributed by atoms with Crippen LogP contribution in [0.25, 0.3) is 0 Å². The Bertz CT molecular complexity index is 738. The molecule has 1 aromatic carbocycles. The summed E-state index contributed by atoms with van der Waals surface area (Å²) in [6, 6.07) is 7.29. The molecule has 0 bridgehead atoms. The lowest BCUT2D eigenvalue weighted by molar-refractivity contribution is -0.137. The monoisotopic (exact) mass is 343 g/mol. The molecular formula is C15H10F5N3O. The Kier molecular flexibility index (Phi) is 5.18. The van der Waals surface area contributed by atoms with Gasteiger partial charge in [0.2, 0.25) is 0 Å². The Morgan fingerprint density at radius 1 is 1.21 bits per heavy atom. The van der Waals surface area contributed by atoms with Crippen molar-refractivity contribution >= 4 is 5.69 Å². The molecule has 1 aromatic heterocycles. The molecule has 0 saturated carbocycles. The van der Waals surface area contributed by atoms with Crippen LogP contribution in [0.4, 0.5) is 27.6 Å². The average Bonchev–Trinajstić information content (AvgIpc) is 2.52. The second-order valence-corrected chi connectivity index (χ2v) is 4.59. The highest BCUT2D eigenvalue weighted by Gasteiger charge is 2.33. The van der Waals surface area contributed by atoms with Gasteiger partial charge < -0.3 is 10.1 Å². The van der Waals surface area contributed by atoms with E-state index in [0.717, 1.165) is 24.4 Å². The summed E-state index contributed by atoms with van der Waals surface area (Å²) in [5.74, 6) is -0.156. The maximum Gasteiger partial charge on any atom is 0.418 e. The molecule has 0 spiro atoms. The van der Waals surface area contributed by atoms with Gasteiger partial charge in [-0.25, -0.2) is 0 Å². The Balaban J connectivity index is 2.15. The maximum atomic E-state index is 13.0. The Morgan fingerprint density at radius 3 is 2.50 bits per heavy atom. The first-order chi connectivity index (χ1) is 11.3. The van der Waals surface area contributed by atoms with E-state index in [1.807, 2.05) is 0 Å². The third-order valence-electron chi connectivity index (χ3n) is 2.94. The summed E-state index contributed by atoms with van der Waals surface area (Å²) in [4.78, 5) is 3.81. The van der Waals surface area contributed by atoms with Gasteiger partial charge in [-0.05, 0) is 30.3 Å². The van der Waals surface area contributed by atoms with Crippen LogP contribution in [0.3, 0.4) is 0 Å². The molecule has 0 radical (unpaired) electrons. The minimum absolute atomic E-state index is 0.0686. The number of anilines is 1. The van der Waals surface area contributed by atoms with E-state index >= 15 is 0 Å². The third kappa shape index (κ3) is 4.55. The van der Waals surface area contributed by atoms with Crippen LogP contribution in [0.2, 0.25) is 0 Å². The van der Waals surface area contributed by atoms with E-state index in [4.69, 9.17) is 5.26 Å². The number of alkyl halides is 5. The zero-order valence-electron chi connectivity index (χ0n) is 11.9. The number of hydrogen-bond donors (Lipinski definition) is 1. The van der Waals surface area contributed by atoms with Crippen molar-refractivity contribution in [2.24, 2.45) is 0 Å². The lowest BCUT2D eigenvalue weighted by atomic mass is 10.1. The number of rotatable bonds is 5. The minimum atomic E-state index is -4.58. The third-order valence-corrected chi connectivity index (χ3v) is 2.94. The summed E-state index contributed by atoms with van der Waals surface area (Å²) in [5, 5.41) is 11.3. The van der Waals surface area contributed by atoms with Crippen molar-refractivity contribution < 1.29 is 26.7 Å². The van der Waals surface area contributed by atoms with Gasteiger partial charge in [-0.1, -0.05) is 0 Å². The summed E-state index contributed by atoms with van der Waals surface area (Å²) in [7, 11) is 0. The van der Waals surface area contributed by atoms with Crippen LogP contribution in [0.5, 0.6) is 5.75 Å². The van der Waals surface area contributed by atoms with Crippen LogP contribution in [-0.4, -0.2) is 11.6 Å². The van der Waals surface area contributed by atoms with Crippen molar-refractivity contribution in [3.63, 3.8) is 0 Å². The first-order valence-corrected chi connectivity index (χ1v) is 6.54. The Labute approximate surface area is 133 Å². The molecular weight excluding hydrogens is 333 g/mol. The number of nitriles is 1. The van der Waals surface area contributed by atoms with Crippen molar-refractivity contribution in [3.05, 3.63) is 53.3 Å². The van der Waals surface area contributed by atoms with Gasteiger partial charge in [-0.15, -0.1) is 0 Å². The van der Waals surface area contributed by atoms with Crippen LogP contribution >= 0.6 is 0 Å². The molecule has 9 heteroatoms. The van der Waals surface area contributed by atoms with Crippen LogP contribution in [0.1, 0.15) is 16.8 Å². The quantitative estimate of drug-likeness (QED) is 0.827. The SMILES string of the molecule is N#Cc1ccc(C(F)(F)F)c(NCc2ccc(OC(F)F)cn2)c1. The zero-order valence-corrected chi connectivity index (χ0v) is 11.9. The number of aromatic nitrogens is 1. The number of benzene rings is 1. The van der Waals surface area contributed by atoms with E-state index in [2.05, 4.69) is 15.0 Å². The molecule has 0 amide bonds. The number of pyridine rings is 1. The number of halogens is 5. The van der Waals surface area contributed by atoms with Gasteiger partial charge in [0.15, 0.2) is 0 Å². The second-order valence-electron chi connectivity index (χ2n) is 4.59. The van der Waals surface area contributed by atoms with Gasteiger partial charge in [-0.3, -0.25) is 4.98 Å². The molecule has 0 aliphatic rings. The van der Waals surface area contributed by atoms with Gasteiger partial charge in [0.05, 0.1) is 35.6 Å². The fourth-order valence-corrected chi connectivity index (χ4v) is 1.88.